The maximum Gasteiger partial charge on any atom is 0.175 e. The van der Waals surface area contributed by atoms with E-state index < -0.39 is 5.60 Å². The molecule has 3 N–H and O–H groups in total. The van der Waals surface area contributed by atoms with E-state index in [0.717, 1.165) is 29.2 Å². The van der Waals surface area contributed by atoms with Crippen molar-refractivity contribution in [2.24, 2.45) is 0 Å². The van der Waals surface area contributed by atoms with Crippen molar-refractivity contribution in [1.82, 2.24) is 0 Å². The van der Waals surface area contributed by atoms with Gasteiger partial charge in [0.05, 0.1) is 6.42 Å². The molecule has 5 nitrogen and oxygen atoms in total. The Balaban J connectivity index is 2.22. The summed E-state index contributed by atoms with van der Waals surface area (Å²) in [6, 6.07) is 9.15. The molecule has 3 rings (SSSR count). The molecular formula is C25H28O5. The van der Waals surface area contributed by atoms with Gasteiger partial charge in [0.1, 0.15) is 28.6 Å². The molecule has 0 bridgehead atoms. The van der Waals surface area contributed by atoms with E-state index in [0.29, 0.717) is 6.42 Å². The predicted octanol–water partition coefficient (Wildman–Crippen LogP) is 5.75. The van der Waals surface area contributed by atoms with E-state index in [9.17, 15) is 20.1 Å². The third kappa shape index (κ3) is 3.92. The summed E-state index contributed by atoms with van der Waals surface area (Å²) in [6.07, 6.45) is 3.58. The Morgan fingerprint density at radius 1 is 1.03 bits per heavy atom. The lowest BCUT2D eigenvalue weighted by Crippen LogP contribution is -2.42. The zero-order valence-corrected chi connectivity index (χ0v) is 17.8. The molecule has 2 aromatic carbocycles. The highest BCUT2D eigenvalue weighted by Gasteiger charge is 2.46. The van der Waals surface area contributed by atoms with Gasteiger partial charge in [-0.1, -0.05) is 29.4 Å². The summed E-state index contributed by atoms with van der Waals surface area (Å²) in [5.41, 5.74) is 2.96. The van der Waals surface area contributed by atoms with Gasteiger partial charge in [0.25, 0.3) is 0 Å². The minimum Gasteiger partial charge on any atom is -0.508 e. The summed E-state index contributed by atoms with van der Waals surface area (Å²) >= 11 is 0. The van der Waals surface area contributed by atoms with E-state index in [1.807, 2.05) is 20.8 Å². The normalized spacial score (nSPS) is 18.5. The predicted molar refractivity (Wildman–Crippen MR) is 116 cm³/mol. The molecule has 0 saturated heterocycles. The van der Waals surface area contributed by atoms with Crippen LogP contribution < -0.4 is 4.74 Å². The number of phenols is 3. The minimum atomic E-state index is -1.09. The lowest BCUT2D eigenvalue weighted by Gasteiger charge is -2.41. The second kappa shape index (κ2) is 8.27. The minimum absolute atomic E-state index is 0.0124. The Labute approximate surface area is 177 Å². The molecule has 1 aliphatic rings. The third-order valence-corrected chi connectivity index (χ3v) is 5.73. The Kier molecular flexibility index (Phi) is 5.92. The maximum absolute atomic E-state index is 13.2. The van der Waals surface area contributed by atoms with E-state index in [1.165, 1.54) is 11.6 Å². The standard InChI is InChI=1S/C25H28O5/c1-5-16(4)6-11-20(15(2)3)25(17-7-9-18(26)10-8-17)14-22(29)24-21(28)12-19(27)13-23(24)30-25/h5,7-10,12-13,26-28H,6,11,14H2,1-4H3. The number of hydrogen-bond donors (Lipinski definition) is 3. The number of fused-ring (bicyclic) bond motifs is 1. The number of hydrogen-bond acceptors (Lipinski definition) is 5. The molecule has 1 aliphatic heterocycles. The van der Waals surface area contributed by atoms with Gasteiger partial charge < -0.3 is 20.1 Å². The number of carbonyl (C=O) groups is 1. The Morgan fingerprint density at radius 3 is 2.30 bits per heavy atom. The fourth-order valence-corrected chi connectivity index (χ4v) is 4.04. The average molecular weight is 408 g/mol. The molecule has 5 heteroatoms. The van der Waals surface area contributed by atoms with Gasteiger partial charge in [-0.2, -0.15) is 0 Å². The molecule has 158 valence electrons. The molecule has 0 saturated carbocycles. The van der Waals surface area contributed by atoms with E-state index in [4.69, 9.17) is 4.74 Å². The largest absolute Gasteiger partial charge is 0.508 e. The second-order valence-electron chi connectivity index (χ2n) is 8.03. The number of ketones is 1. The number of aromatic hydroxyl groups is 3. The first kappa shape index (κ1) is 21.5. The maximum atomic E-state index is 13.2. The number of rotatable bonds is 5. The highest BCUT2D eigenvalue weighted by molar-refractivity contribution is 6.03. The van der Waals surface area contributed by atoms with Crippen molar-refractivity contribution in [3.05, 3.63) is 70.3 Å². The fraction of sp³-hybridized carbons (Fsp3) is 0.320. The topological polar surface area (TPSA) is 87.0 Å². The highest BCUT2D eigenvalue weighted by Crippen LogP contribution is 2.49. The monoisotopic (exact) mass is 408 g/mol. The molecule has 0 amide bonds. The number of ether oxygens (including phenoxy) is 1. The molecule has 0 spiro atoms. The molecule has 1 heterocycles. The molecule has 0 fully saturated rings. The molecule has 0 aliphatic carbocycles. The third-order valence-electron chi connectivity index (χ3n) is 5.73. The van der Waals surface area contributed by atoms with Crippen molar-refractivity contribution in [3.63, 3.8) is 0 Å². The van der Waals surface area contributed by atoms with Crippen LogP contribution in [0.2, 0.25) is 0 Å². The van der Waals surface area contributed by atoms with Crippen molar-refractivity contribution in [2.45, 2.75) is 52.6 Å². The Bertz CT molecular complexity index is 1030. The zero-order valence-electron chi connectivity index (χ0n) is 17.8. The lowest BCUT2D eigenvalue weighted by atomic mass is 9.75. The van der Waals surface area contributed by atoms with Crippen molar-refractivity contribution in [2.75, 3.05) is 0 Å². The van der Waals surface area contributed by atoms with Crippen molar-refractivity contribution < 1.29 is 24.9 Å². The highest BCUT2D eigenvalue weighted by atomic mass is 16.5. The number of Topliss-reactive ketones (excluding diaryl/α,β-unsaturated/α-hetero) is 1. The van der Waals surface area contributed by atoms with Crippen molar-refractivity contribution >= 4 is 5.78 Å². The molecule has 1 unspecified atom stereocenters. The quantitative estimate of drug-likeness (QED) is 0.549. The molecule has 30 heavy (non-hydrogen) atoms. The Morgan fingerprint density at radius 2 is 1.70 bits per heavy atom. The summed E-state index contributed by atoms with van der Waals surface area (Å²) in [4.78, 5) is 13.2. The van der Waals surface area contributed by atoms with Gasteiger partial charge in [-0.05, 0) is 58.2 Å². The first-order valence-corrected chi connectivity index (χ1v) is 10.0. The van der Waals surface area contributed by atoms with Crippen LogP contribution in [0.4, 0.5) is 0 Å². The number of phenolic OH excluding ortho intramolecular Hbond substituents is 3. The first-order chi connectivity index (χ1) is 14.2. The zero-order chi connectivity index (χ0) is 22.1. The number of allylic oxidation sites excluding steroid dienone is 3. The summed E-state index contributed by atoms with van der Waals surface area (Å²) in [5.74, 6) is -0.459. The van der Waals surface area contributed by atoms with Crippen LogP contribution in [0.25, 0.3) is 0 Å². The van der Waals surface area contributed by atoms with Crippen LogP contribution in [-0.4, -0.2) is 21.1 Å². The molecule has 0 radical (unpaired) electrons. The molecule has 1 atom stereocenters. The van der Waals surface area contributed by atoms with Crippen LogP contribution in [0, 0.1) is 0 Å². The first-order valence-electron chi connectivity index (χ1n) is 10.0. The average Bonchev–Trinajstić information content (AvgIpc) is 2.67. The number of carbonyl (C=O) groups excluding carboxylic acids is 1. The van der Waals surface area contributed by atoms with Gasteiger partial charge >= 0.3 is 0 Å². The summed E-state index contributed by atoms with van der Waals surface area (Å²) in [5, 5.41) is 30.0. The fourth-order valence-electron chi connectivity index (χ4n) is 4.04. The number of benzene rings is 2. The van der Waals surface area contributed by atoms with Gasteiger partial charge in [0.2, 0.25) is 0 Å². The van der Waals surface area contributed by atoms with Crippen LogP contribution in [-0.2, 0) is 5.60 Å². The smallest absolute Gasteiger partial charge is 0.175 e. The second-order valence-corrected chi connectivity index (χ2v) is 8.03. The lowest BCUT2D eigenvalue weighted by molar-refractivity contribution is 0.0568. The van der Waals surface area contributed by atoms with Crippen LogP contribution in [0.3, 0.4) is 0 Å². The Hall–Kier alpha value is -3.21. The van der Waals surface area contributed by atoms with Crippen LogP contribution in [0.15, 0.2) is 59.2 Å². The van der Waals surface area contributed by atoms with Crippen LogP contribution in [0.1, 0.15) is 62.9 Å². The molecular weight excluding hydrogens is 380 g/mol. The summed E-state index contributed by atoms with van der Waals surface area (Å²) in [7, 11) is 0. The van der Waals surface area contributed by atoms with E-state index in [-0.39, 0.29) is 40.8 Å². The van der Waals surface area contributed by atoms with Crippen molar-refractivity contribution in [1.29, 1.82) is 0 Å². The van der Waals surface area contributed by atoms with Crippen LogP contribution >= 0.6 is 0 Å². The van der Waals surface area contributed by atoms with Gasteiger partial charge in [-0.15, -0.1) is 0 Å². The molecule has 0 aromatic heterocycles. The van der Waals surface area contributed by atoms with E-state index >= 15 is 0 Å². The van der Waals surface area contributed by atoms with Crippen LogP contribution in [0.5, 0.6) is 23.0 Å². The summed E-state index contributed by atoms with van der Waals surface area (Å²) < 4.78 is 6.47. The van der Waals surface area contributed by atoms with E-state index in [2.05, 4.69) is 13.0 Å². The van der Waals surface area contributed by atoms with E-state index in [1.54, 1.807) is 24.3 Å². The van der Waals surface area contributed by atoms with Crippen molar-refractivity contribution in [3.8, 4) is 23.0 Å². The van der Waals surface area contributed by atoms with Gasteiger partial charge in [0.15, 0.2) is 11.4 Å². The molecule has 2 aromatic rings. The van der Waals surface area contributed by atoms with Gasteiger partial charge in [-0.3, -0.25) is 4.79 Å². The van der Waals surface area contributed by atoms with Gasteiger partial charge in [-0.25, -0.2) is 0 Å². The SMILES string of the molecule is CC=C(C)CCC(=C(C)C)C1(c2ccc(O)cc2)CC(=O)c2c(O)cc(O)cc2O1. The van der Waals surface area contributed by atoms with Gasteiger partial charge in [0, 0.05) is 17.7 Å². The summed E-state index contributed by atoms with van der Waals surface area (Å²) in [6.45, 7) is 8.04.